The first-order chi connectivity index (χ1) is 5.43. The zero-order chi connectivity index (χ0) is 7.94. The third-order valence-electron chi connectivity index (χ3n) is 1.08. The van der Waals surface area contributed by atoms with E-state index in [-0.39, 0.29) is 15.3 Å². The Hall–Kier alpha value is -0.561. The van der Waals surface area contributed by atoms with Crippen LogP contribution in [0.25, 0.3) is 0 Å². The molecule has 0 N–H and O–H groups in total. The Kier molecular flexibility index (Phi) is 3.99. The van der Waals surface area contributed by atoms with Gasteiger partial charge in [-0.25, -0.2) is 0 Å². The van der Waals surface area contributed by atoms with E-state index in [1.165, 1.54) is 4.46 Å². The Labute approximate surface area is 73.6 Å². The van der Waals surface area contributed by atoms with Gasteiger partial charge >= 0.3 is 73.2 Å². The molecule has 0 spiro atoms. The molecular formula is C9H10OSe. The zero-order valence-electron chi connectivity index (χ0n) is 6.19. The van der Waals surface area contributed by atoms with E-state index in [0.29, 0.717) is 6.61 Å². The monoisotopic (exact) mass is 214 g/mol. The van der Waals surface area contributed by atoms with Gasteiger partial charge in [0, 0.05) is 0 Å². The molecule has 1 rings (SSSR count). The summed E-state index contributed by atoms with van der Waals surface area (Å²) in [5.41, 5.74) is 0. The first-order valence-corrected chi connectivity index (χ1v) is 4.94. The third-order valence-corrected chi connectivity index (χ3v) is 2.59. The topological polar surface area (TPSA) is 9.23 Å². The molecule has 0 aliphatic heterocycles. The van der Waals surface area contributed by atoms with Gasteiger partial charge in [-0.15, -0.1) is 0 Å². The van der Waals surface area contributed by atoms with E-state index in [1.807, 2.05) is 18.2 Å². The Balaban J connectivity index is 2.33. The van der Waals surface area contributed by atoms with Crippen LogP contribution in [-0.4, -0.2) is 21.9 Å². The summed E-state index contributed by atoms with van der Waals surface area (Å²) in [5.74, 6) is 0. The standard InChI is InChI=1S/C9H10OSe/c1-2-8-10-11-9-6-4-3-5-7-9/h2-7H,1,8H2. The molecule has 0 aromatic heterocycles. The third kappa shape index (κ3) is 3.38. The van der Waals surface area contributed by atoms with Gasteiger partial charge in [0.05, 0.1) is 0 Å². The van der Waals surface area contributed by atoms with E-state index in [9.17, 15) is 0 Å². The van der Waals surface area contributed by atoms with Crippen molar-refractivity contribution in [2.45, 2.75) is 0 Å². The molecule has 0 fully saturated rings. The van der Waals surface area contributed by atoms with Crippen LogP contribution >= 0.6 is 0 Å². The van der Waals surface area contributed by atoms with Gasteiger partial charge in [-0.3, -0.25) is 0 Å². The summed E-state index contributed by atoms with van der Waals surface area (Å²) in [6.45, 7) is 4.22. The average molecular weight is 213 g/mol. The van der Waals surface area contributed by atoms with Crippen molar-refractivity contribution in [3.05, 3.63) is 43.0 Å². The van der Waals surface area contributed by atoms with Crippen molar-refractivity contribution in [3.8, 4) is 0 Å². The molecule has 2 heteroatoms. The molecule has 0 radical (unpaired) electrons. The van der Waals surface area contributed by atoms with Gasteiger partial charge in [-0.2, -0.15) is 0 Å². The predicted molar refractivity (Wildman–Crippen MR) is 48.0 cm³/mol. The molecule has 0 unspecified atom stereocenters. The van der Waals surface area contributed by atoms with E-state index in [1.54, 1.807) is 6.08 Å². The summed E-state index contributed by atoms with van der Waals surface area (Å²) < 4.78 is 6.58. The summed E-state index contributed by atoms with van der Waals surface area (Å²) in [4.78, 5) is 0. The van der Waals surface area contributed by atoms with Crippen LogP contribution < -0.4 is 4.46 Å². The van der Waals surface area contributed by atoms with Crippen molar-refractivity contribution in [3.63, 3.8) is 0 Å². The van der Waals surface area contributed by atoms with E-state index < -0.39 is 0 Å². The molecule has 58 valence electrons. The van der Waals surface area contributed by atoms with Crippen molar-refractivity contribution in [2.75, 3.05) is 6.61 Å². The average Bonchev–Trinajstić information content (AvgIpc) is 2.07. The molecule has 0 aliphatic rings. The second kappa shape index (κ2) is 5.14. The van der Waals surface area contributed by atoms with Crippen molar-refractivity contribution in [2.24, 2.45) is 0 Å². The Morgan fingerprint density at radius 1 is 1.36 bits per heavy atom. The normalized spacial score (nSPS) is 9.45. The molecular weight excluding hydrogens is 203 g/mol. The molecule has 0 amide bonds. The fourth-order valence-electron chi connectivity index (χ4n) is 0.626. The number of hydrogen-bond donors (Lipinski definition) is 0. The fourth-order valence-corrected chi connectivity index (χ4v) is 1.82. The van der Waals surface area contributed by atoms with Crippen molar-refractivity contribution < 1.29 is 3.82 Å². The molecule has 1 aromatic rings. The van der Waals surface area contributed by atoms with Gasteiger partial charge in [-0.1, -0.05) is 0 Å². The van der Waals surface area contributed by atoms with Crippen LogP contribution in [-0.2, 0) is 3.82 Å². The second-order valence-electron chi connectivity index (χ2n) is 1.97. The van der Waals surface area contributed by atoms with E-state index in [4.69, 9.17) is 3.82 Å². The van der Waals surface area contributed by atoms with Gasteiger partial charge in [0.25, 0.3) is 0 Å². The predicted octanol–water partition coefficient (Wildman–Crippen LogP) is 1.13. The number of hydrogen-bond acceptors (Lipinski definition) is 1. The summed E-state index contributed by atoms with van der Waals surface area (Å²) in [5, 5.41) is 0. The van der Waals surface area contributed by atoms with E-state index in [2.05, 4.69) is 18.7 Å². The summed E-state index contributed by atoms with van der Waals surface area (Å²) in [6, 6.07) is 10.2. The molecule has 0 saturated carbocycles. The van der Waals surface area contributed by atoms with Crippen LogP contribution in [0, 0.1) is 0 Å². The fraction of sp³-hybridized carbons (Fsp3) is 0.111. The summed E-state index contributed by atoms with van der Waals surface area (Å²) in [6.07, 6.45) is 1.77. The maximum atomic E-state index is 5.31. The van der Waals surface area contributed by atoms with Crippen molar-refractivity contribution in [1.29, 1.82) is 0 Å². The quantitative estimate of drug-likeness (QED) is 0.414. The van der Waals surface area contributed by atoms with Crippen molar-refractivity contribution in [1.82, 2.24) is 0 Å². The SMILES string of the molecule is C=CCO[Se]c1ccccc1. The van der Waals surface area contributed by atoms with Gasteiger partial charge in [0.15, 0.2) is 0 Å². The second-order valence-corrected chi connectivity index (χ2v) is 3.80. The Bertz CT molecular complexity index is 208. The molecule has 0 atom stereocenters. The van der Waals surface area contributed by atoms with Crippen LogP contribution in [0.15, 0.2) is 43.0 Å². The van der Waals surface area contributed by atoms with Crippen LogP contribution in [0.4, 0.5) is 0 Å². The minimum atomic E-state index is 0.148. The minimum absolute atomic E-state index is 0.148. The summed E-state index contributed by atoms with van der Waals surface area (Å²) in [7, 11) is 0. The Morgan fingerprint density at radius 3 is 2.73 bits per heavy atom. The number of rotatable bonds is 4. The number of benzene rings is 1. The molecule has 11 heavy (non-hydrogen) atoms. The van der Waals surface area contributed by atoms with Crippen LogP contribution in [0.1, 0.15) is 0 Å². The maximum absolute atomic E-state index is 5.31. The van der Waals surface area contributed by atoms with Gasteiger partial charge in [0.1, 0.15) is 0 Å². The van der Waals surface area contributed by atoms with Gasteiger partial charge < -0.3 is 0 Å². The van der Waals surface area contributed by atoms with Crippen LogP contribution in [0.2, 0.25) is 0 Å². The molecule has 0 aliphatic carbocycles. The molecule has 0 heterocycles. The van der Waals surface area contributed by atoms with Gasteiger partial charge in [0.2, 0.25) is 0 Å². The van der Waals surface area contributed by atoms with Crippen LogP contribution in [0.5, 0.6) is 0 Å². The van der Waals surface area contributed by atoms with Crippen molar-refractivity contribution >= 4 is 19.7 Å². The zero-order valence-corrected chi connectivity index (χ0v) is 7.91. The molecule has 1 aromatic carbocycles. The summed E-state index contributed by atoms with van der Waals surface area (Å²) >= 11 is 0.148. The van der Waals surface area contributed by atoms with E-state index >= 15 is 0 Å². The first kappa shape index (κ1) is 8.54. The molecule has 0 bridgehead atoms. The molecule has 0 saturated heterocycles. The van der Waals surface area contributed by atoms with E-state index in [0.717, 1.165) is 0 Å². The first-order valence-electron chi connectivity index (χ1n) is 3.39. The van der Waals surface area contributed by atoms with Crippen LogP contribution in [0.3, 0.4) is 0 Å². The Morgan fingerprint density at radius 2 is 2.09 bits per heavy atom. The molecule has 1 nitrogen and oxygen atoms in total. The van der Waals surface area contributed by atoms with Gasteiger partial charge in [-0.05, 0) is 0 Å².